The van der Waals surface area contributed by atoms with Crippen molar-refractivity contribution in [2.75, 3.05) is 25.4 Å². The van der Waals surface area contributed by atoms with Crippen LogP contribution in [0.3, 0.4) is 0 Å². The SMILES string of the molecule is Nc1ccc2c(c1)C(=O)N(C1CCC(=O)N(CCO)C1=O)C2=O.O=C(O)[C@@H]1CCCN1. The van der Waals surface area contributed by atoms with Crippen molar-refractivity contribution >= 4 is 35.3 Å². The number of hydrogen-bond donors (Lipinski definition) is 4. The molecule has 4 rings (SSSR count). The number of aliphatic carboxylic acids is 1. The Morgan fingerprint density at radius 3 is 2.42 bits per heavy atom. The third-order valence-corrected chi connectivity index (χ3v) is 5.42. The van der Waals surface area contributed by atoms with Gasteiger partial charge in [0, 0.05) is 12.1 Å². The number of benzene rings is 1. The van der Waals surface area contributed by atoms with Crippen molar-refractivity contribution in [3.63, 3.8) is 0 Å². The van der Waals surface area contributed by atoms with Gasteiger partial charge in [0.25, 0.3) is 17.7 Å². The van der Waals surface area contributed by atoms with Gasteiger partial charge in [0.2, 0.25) is 5.91 Å². The number of hydrogen-bond acceptors (Lipinski definition) is 8. The summed E-state index contributed by atoms with van der Waals surface area (Å²) in [5, 5.41) is 20.2. The second-order valence-corrected chi connectivity index (χ2v) is 7.43. The largest absolute Gasteiger partial charge is 0.480 e. The maximum atomic E-state index is 12.5. The molecule has 1 unspecified atom stereocenters. The van der Waals surface area contributed by atoms with Crippen LogP contribution in [0.25, 0.3) is 0 Å². The molecule has 0 aromatic heterocycles. The first-order valence-corrected chi connectivity index (χ1v) is 9.95. The molecular weight excluding hydrogens is 408 g/mol. The Balaban J connectivity index is 0.000000287. The molecule has 0 saturated carbocycles. The lowest BCUT2D eigenvalue weighted by Gasteiger charge is -2.34. The average Bonchev–Trinajstić information content (AvgIpc) is 3.35. The molecule has 3 heterocycles. The second kappa shape index (κ2) is 9.23. The standard InChI is InChI=1S/C15H15N3O5.C5H9NO2/c16-8-1-2-9-10(7-8)14(22)18(13(9)21)11-3-4-12(20)17(5-6-19)15(11)23;7-5(8)4-2-1-3-6-4/h1-2,7,11,19H,3-6,16H2;4,6H,1-3H2,(H,7,8)/t;4-/m.0/s1. The van der Waals surface area contributed by atoms with Crippen LogP contribution in [-0.4, -0.2) is 81.4 Å². The Kier molecular flexibility index (Phi) is 6.66. The number of fused-ring (bicyclic) bond motifs is 1. The molecule has 1 aromatic carbocycles. The van der Waals surface area contributed by atoms with Crippen LogP contribution in [0.15, 0.2) is 18.2 Å². The molecule has 3 aliphatic rings. The van der Waals surface area contributed by atoms with Gasteiger partial charge >= 0.3 is 5.97 Å². The molecule has 166 valence electrons. The summed E-state index contributed by atoms with van der Waals surface area (Å²) in [6, 6.07) is 3.06. The summed E-state index contributed by atoms with van der Waals surface area (Å²) in [7, 11) is 0. The molecular formula is C20H24N4O7. The van der Waals surface area contributed by atoms with E-state index in [1.165, 1.54) is 18.2 Å². The molecule has 31 heavy (non-hydrogen) atoms. The Hall–Kier alpha value is -3.31. The van der Waals surface area contributed by atoms with Gasteiger partial charge in [-0.25, -0.2) is 0 Å². The van der Waals surface area contributed by atoms with Crippen LogP contribution in [0.5, 0.6) is 0 Å². The van der Waals surface area contributed by atoms with Gasteiger partial charge in [-0.2, -0.15) is 0 Å². The zero-order valence-electron chi connectivity index (χ0n) is 16.7. The topological polar surface area (TPSA) is 170 Å². The lowest BCUT2D eigenvalue weighted by molar-refractivity contribution is -0.152. The summed E-state index contributed by atoms with van der Waals surface area (Å²) >= 11 is 0. The highest BCUT2D eigenvalue weighted by Crippen LogP contribution is 2.30. The maximum absolute atomic E-state index is 12.5. The van der Waals surface area contributed by atoms with Crippen molar-refractivity contribution in [1.82, 2.24) is 15.1 Å². The van der Waals surface area contributed by atoms with E-state index < -0.39 is 35.6 Å². The number of imide groups is 2. The van der Waals surface area contributed by atoms with Crippen molar-refractivity contribution in [2.45, 2.75) is 37.8 Å². The lowest BCUT2D eigenvalue weighted by Crippen LogP contribution is -2.56. The first-order chi connectivity index (χ1) is 14.8. The number of carboxylic acids is 1. The number of aliphatic hydroxyl groups is 1. The Morgan fingerprint density at radius 2 is 1.84 bits per heavy atom. The number of nitrogen functional groups attached to an aromatic ring is 1. The molecule has 0 bridgehead atoms. The molecule has 0 aliphatic carbocycles. The summed E-state index contributed by atoms with van der Waals surface area (Å²) in [5.41, 5.74) is 6.34. The quantitative estimate of drug-likeness (QED) is 0.351. The molecule has 2 fully saturated rings. The first-order valence-electron chi connectivity index (χ1n) is 9.95. The van der Waals surface area contributed by atoms with E-state index >= 15 is 0 Å². The van der Waals surface area contributed by atoms with E-state index in [9.17, 15) is 24.0 Å². The van der Waals surface area contributed by atoms with Crippen molar-refractivity contribution < 1.29 is 34.2 Å². The van der Waals surface area contributed by atoms with Gasteiger partial charge in [0.1, 0.15) is 12.1 Å². The molecule has 0 spiro atoms. The van der Waals surface area contributed by atoms with Gasteiger partial charge in [-0.3, -0.25) is 33.8 Å². The number of rotatable bonds is 4. The smallest absolute Gasteiger partial charge is 0.320 e. The first kappa shape index (κ1) is 22.4. The molecule has 11 heteroatoms. The third kappa shape index (κ3) is 4.42. The number of carboxylic acid groups (broad SMARTS) is 1. The van der Waals surface area contributed by atoms with E-state index in [0.717, 1.165) is 29.2 Å². The Labute approximate surface area is 177 Å². The number of β-amino-alcohol motifs (C(OH)–C–C–N with tert-alkyl or cyclic N) is 1. The molecule has 2 atom stereocenters. The van der Waals surface area contributed by atoms with Crippen LogP contribution in [0, 0.1) is 0 Å². The summed E-state index contributed by atoms with van der Waals surface area (Å²) in [6.45, 7) is 0.337. The van der Waals surface area contributed by atoms with Crippen LogP contribution >= 0.6 is 0 Å². The fourth-order valence-corrected chi connectivity index (χ4v) is 3.85. The minimum absolute atomic E-state index is 0.0337. The Bertz CT molecular complexity index is 926. The van der Waals surface area contributed by atoms with Gasteiger partial charge in [0.05, 0.1) is 24.3 Å². The fourth-order valence-electron chi connectivity index (χ4n) is 3.85. The average molecular weight is 432 g/mol. The number of amides is 4. The molecule has 11 nitrogen and oxygen atoms in total. The van der Waals surface area contributed by atoms with Crippen LogP contribution in [-0.2, 0) is 14.4 Å². The molecule has 4 amide bonds. The highest BCUT2D eigenvalue weighted by molar-refractivity contribution is 6.23. The van der Waals surface area contributed by atoms with Gasteiger partial charge in [-0.1, -0.05) is 0 Å². The number of piperidine rings is 1. The number of nitrogens with zero attached hydrogens (tertiary/aromatic N) is 2. The Morgan fingerprint density at radius 1 is 1.13 bits per heavy atom. The van der Waals surface area contributed by atoms with Crippen molar-refractivity contribution in [3.8, 4) is 0 Å². The van der Waals surface area contributed by atoms with Crippen molar-refractivity contribution in [3.05, 3.63) is 29.3 Å². The molecule has 0 radical (unpaired) electrons. The predicted molar refractivity (Wildman–Crippen MR) is 107 cm³/mol. The van der Waals surface area contributed by atoms with E-state index in [1.807, 2.05) is 0 Å². The van der Waals surface area contributed by atoms with Crippen LogP contribution < -0.4 is 11.1 Å². The molecule has 2 saturated heterocycles. The summed E-state index contributed by atoms with van der Waals surface area (Å²) in [4.78, 5) is 61.1. The number of carbonyl (C=O) groups excluding carboxylic acids is 4. The number of carbonyl (C=O) groups is 5. The minimum atomic E-state index is -1.03. The van der Waals surface area contributed by atoms with Gasteiger partial charge < -0.3 is 21.3 Å². The van der Waals surface area contributed by atoms with E-state index in [0.29, 0.717) is 5.69 Å². The van der Waals surface area contributed by atoms with Gasteiger partial charge in [-0.05, 0) is 44.0 Å². The number of anilines is 1. The number of aliphatic hydroxyl groups excluding tert-OH is 1. The predicted octanol–water partition coefficient (Wildman–Crippen LogP) is -0.802. The normalized spacial score (nSPS) is 23.0. The summed E-state index contributed by atoms with van der Waals surface area (Å²) in [5.74, 6) is -2.93. The highest BCUT2D eigenvalue weighted by atomic mass is 16.4. The molecule has 1 aromatic rings. The van der Waals surface area contributed by atoms with Gasteiger partial charge in [0.15, 0.2) is 0 Å². The zero-order valence-corrected chi connectivity index (χ0v) is 16.7. The van der Waals surface area contributed by atoms with E-state index in [2.05, 4.69) is 5.32 Å². The second-order valence-electron chi connectivity index (χ2n) is 7.43. The molecule has 3 aliphatic heterocycles. The maximum Gasteiger partial charge on any atom is 0.320 e. The fraction of sp³-hybridized carbons (Fsp3) is 0.450. The van der Waals surface area contributed by atoms with Crippen LogP contribution in [0.1, 0.15) is 46.4 Å². The summed E-state index contributed by atoms with van der Waals surface area (Å²) < 4.78 is 0. The van der Waals surface area contributed by atoms with Crippen LogP contribution in [0.4, 0.5) is 5.69 Å². The van der Waals surface area contributed by atoms with E-state index in [-0.39, 0.29) is 43.2 Å². The number of nitrogens with one attached hydrogen (secondary N) is 1. The monoisotopic (exact) mass is 432 g/mol. The van der Waals surface area contributed by atoms with E-state index in [4.69, 9.17) is 15.9 Å². The van der Waals surface area contributed by atoms with Gasteiger partial charge in [-0.15, -0.1) is 0 Å². The third-order valence-electron chi connectivity index (χ3n) is 5.42. The van der Waals surface area contributed by atoms with Crippen molar-refractivity contribution in [2.24, 2.45) is 0 Å². The zero-order chi connectivity index (χ0) is 22.7. The number of nitrogens with two attached hydrogens (primary N) is 1. The minimum Gasteiger partial charge on any atom is -0.480 e. The number of likely N-dealkylation sites (tertiary alicyclic amines) is 1. The lowest BCUT2D eigenvalue weighted by atomic mass is 10.0. The van der Waals surface area contributed by atoms with Crippen molar-refractivity contribution in [1.29, 1.82) is 0 Å². The van der Waals surface area contributed by atoms with E-state index in [1.54, 1.807) is 0 Å². The highest BCUT2D eigenvalue weighted by Gasteiger charge is 2.46. The molecule has 5 N–H and O–H groups in total. The van der Waals surface area contributed by atoms with Crippen LogP contribution in [0.2, 0.25) is 0 Å². The summed E-state index contributed by atoms with van der Waals surface area (Å²) in [6.07, 6.45) is 1.90.